The van der Waals surface area contributed by atoms with Gasteiger partial charge in [0.25, 0.3) is 5.91 Å². The zero-order valence-electron chi connectivity index (χ0n) is 15.4. The largest absolute Gasteiger partial charge is 0.497 e. The highest BCUT2D eigenvalue weighted by Gasteiger charge is 2.36. The number of rotatable bonds is 4. The maximum Gasteiger partial charge on any atom is 0.257 e. The van der Waals surface area contributed by atoms with Crippen molar-refractivity contribution in [1.29, 1.82) is 0 Å². The Kier molecular flexibility index (Phi) is 5.30. The Balaban J connectivity index is 1.85. The van der Waals surface area contributed by atoms with E-state index in [1.165, 1.54) is 37.3 Å². The zero-order chi connectivity index (χ0) is 19.6. The molecule has 1 aliphatic rings. The molecule has 1 unspecified atom stereocenters. The van der Waals surface area contributed by atoms with E-state index in [0.29, 0.717) is 30.3 Å². The van der Waals surface area contributed by atoms with Gasteiger partial charge in [0.15, 0.2) is 0 Å². The molecule has 1 aliphatic heterocycles. The van der Waals surface area contributed by atoms with Crippen molar-refractivity contribution in [2.24, 2.45) is 0 Å². The Morgan fingerprint density at radius 3 is 2.30 bits per heavy atom. The van der Waals surface area contributed by atoms with E-state index in [2.05, 4.69) is 0 Å². The van der Waals surface area contributed by atoms with Crippen LogP contribution in [0.5, 0.6) is 11.5 Å². The van der Waals surface area contributed by atoms with Gasteiger partial charge in [0.05, 0.1) is 25.5 Å². The molecule has 3 rings (SSSR count). The molecule has 0 radical (unpaired) electrons. The van der Waals surface area contributed by atoms with Crippen LogP contribution in [0.2, 0.25) is 0 Å². The lowest BCUT2D eigenvalue weighted by Crippen LogP contribution is -2.57. The summed E-state index contributed by atoms with van der Waals surface area (Å²) in [6, 6.07) is 10.3. The van der Waals surface area contributed by atoms with Crippen molar-refractivity contribution in [3.63, 3.8) is 0 Å². The fourth-order valence-corrected chi connectivity index (χ4v) is 3.14. The van der Waals surface area contributed by atoms with E-state index in [0.717, 1.165) is 0 Å². The van der Waals surface area contributed by atoms with Gasteiger partial charge in [0.2, 0.25) is 5.91 Å². The highest BCUT2D eigenvalue weighted by molar-refractivity contribution is 6.03. The molecule has 2 amide bonds. The number of methoxy groups -OCH3 is 2. The highest BCUT2D eigenvalue weighted by Crippen LogP contribution is 2.30. The summed E-state index contributed by atoms with van der Waals surface area (Å²) in [7, 11) is 3.07. The monoisotopic (exact) mass is 372 g/mol. The molecule has 1 heterocycles. The van der Waals surface area contributed by atoms with Crippen LogP contribution in [0.15, 0.2) is 42.5 Å². The zero-order valence-corrected chi connectivity index (χ0v) is 15.4. The molecule has 0 aromatic heterocycles. The molecule has 27 heavy (non-hydrogen) atoms. The third-order valence-corrected chi connectivity index (χ3v) is 4.67. The first-order chi connectivity index (χ1) is 13.0. The highest BCUT2D eigenvalue weighted by atomic mass is 19.1. The first-order valence-electron chi connectivity index (χ1n) is 8.56. The SMILES string of the molecule is COc1cc(OC)cc(N2CCN(C(=O)c3ccccc3F)C(C)C2=O)c1. The number of hydrogen-bond acceptors (Lipinski definition) is 4. The summed E-state index contributed by atoms with van der Waals surface area (Å²) >= 11 is 0. The van der Waals surface area contributed by atoms with Crippen LogP contribution in [-0.2, 0) is 4.79 Å². The van der Waals surface area contributed by atoms with Gasteiger partial charge >= 0.3 is 0 Å². The smallest absolute Gasteiger partial charge is 0.257 e. The van der Waals surface area contributed by atoms with E-state index in [1.807, 2.05) is 0 Å². The minimum atomic E-state index is -0.719. The van der Waals surface area contributed by atoms with Crippen LogP contribution < -0.4 is 14.4 Å². The second-order valence-electron chi connectivity index (χ2n) is 6.22. The van der Waals surface area contributed by atoms with Crippen LogP contribution in [0.25, 0.3) is 0 Å². The summed E-state index contributed by atoms with van der Waals surface area (Å²) in [5.74, 6) is -0.204. The number of halogens is 1. The molecule has 2 aromatic rings. The molecule has 7 heteroatoms. The number of carbonyl (C=O) groups is 2. The summed E-state index contributed by atoms with van der Waals surface area (Å²) in [6.07, 6.45) is 0. The van der Waals surface area contributed by atoms with E-state index < -0.39 is 17.8 Å². The number of piperazine rings is 1. The molecule has 1 atom stereocenters. The lowest BCUT2D eigenvalue weighted by Gasteiger charge is -2.39. The predicted molar refractivity (Wildman–Crippen MR) is 98.8 cm³/mol. The molecular weight excluding hydrogens is 351 g/mol. The molecule has 0 aliphatic carbocycles. The van der Waals surface area contributed by atoms with Crippen molar-refractivity contribution in [1.82, 2.24) is 4.90 Å². The number of carbonyl (C=O) groups excluding carboxylic acids is 2. The van der Waals surface area contributed by atoms with Crippen molar-refractivity contribution in [2.45, 2.75) is 13.0 Å². The topological polar surface area (TPSA) is 59.1 Å². The Bertz CT molecular complexity index is 849. The van der Waals surface area contributed by atoms with Gasteiger partial charge in [-0.15, -0.1) is 0 Å². The number of ether oxygens (including phenoxy) is 2. The van der Waals surface area contributed by atoms with Gasteiger partial charge in [-0.1, -0.05) is 12.1 Å². The molecule has 0 N–H and O–H groups in total. The minimum absolute atomic E-state index is 0.0337. The van der Waals surface area contributed by atoms with Crippen LogP contribution >= 0.6 is 0 Å². The summed E-state index contributed by atoms with van der Waals surface area (Å²) < 4.78 is 24.5. The first-order valence-corrected chi connectivity index (χ1v) is 8.56. The third kappa shape index (κ3) is 3.58. The quantitative estimate of drug-likeness (QED) is 0.828. The van der Waals surface area contributed by atoms with Crippen molar-refractivity contribution in [3.8, 4) is 11.5 Å². The van der Waals surface area contributed by atoms with E-state index in [-0.39, 0.29) is 11.5 Å². The van der Waals surface area contributed by atoms with Crippen molar-refractivity contribution in [3.05, 3.63) is 53.8 Å². The number of nitrogens with zero attached hydrogens (tertiary/aromatic N) is 2. The summed E-state index contributed by atoms with van der Waals surface area (Å²) in [5.41, 5.74) is 0.592. The number of anilines is 1. The summed E-state index contributed by atoms with van der Waals surface area (Å²) in [6.45, 7) is 2.23. The standard InChI is InChI=1S/C20H21FN2O4/c1-13-19(24)23(14-10-15(26-2)12-16(11-14)27-3)9-8-22(13)20(25)17-6-4-5-7-18(17)21/h4-7,10-13H,8-9H2,1-3H3. The van der Waals surface area contributed by atoms with E-state index >= 15 is 0 Å². The summed E-state index contributed by atoms with van der Waals surface area (Å²) in [4.78, 5) is 28.6. The maximum absolute atomic E-state index is 14.0. The van der Waals surface area contributed by atoms with Gasteiger partial charge in [-0.25, -0.2) is 4.39 Å². The lowest BCUT2D eigenvalue weighted by molar-refractivity contribution is -0.124. The molecule has 2 aromatic carbocycles. The van der Waals surface area contributed by atoms with Gasteiger partial charge in [0.1, 0.15) is 23.4 Å². The lowest BCUT2D eigenvalue weighted by atomic mass is 10.1. The van der Waals surface area contributed by atoms with Crippen LogP contribution in [0.1, 0.15) is 17.3 Å². The van der Waals surface area contributed by atoms with Crippen LogP contribution in [0.3, 0.4) is 0 Å². The average Bonchev–Trinajstić information content (AvgIpc) is 2.69. The average molecular weight is 372 g/mol. The molecule has 142 valence electrons. The van der Waals surface area contributed by atoms with Crippen LogP contribution in [-0.4, -0.2) is 50.1 Å². The normalized spacial score (nSPS) is 17.0. The molecular formula is C20H21FN2O4. The second kappa shape index (κ2) is 7.65. The molecule has 1 fully saturated rings. The maximum atomic E-state index is 14.0. The minimum Gasteiger partial charge on any atom is -0.497 e. The second-order valence-corrected chi connectivity index (χ2v) is 6.22. The Labute approximate surface area is 157 Å². The fourth-order valence-electron chi connectivity index (χ4n) is 3.14. The van der Waals surface area contributed by atoms with Crippen molar-refractivity contribution in [2.75, 3.05) is 32.2 Å². The number of benzene rings is 2. The van der Waals surface area contributed by atoms with Gasteiger partial charge in [-0.3, -0.25) is 9.59 Å². The summed E-state index contributed by atoms with van der Waals surface area (Å²) in [5, 5.41) is 0. The molecule has 1 saturated heterocycles. The van der Waals surface area contributed by atoms with Gasteiger partial charge in [-0.05, 0) is 19.1 Å². The van der Waals surface area contributed by atoms with Crippen LogP contribution in [0.4, 0.5) is 10.1 Å². The van der Waals surface area contributed by atoms with E-state index in [9.17, 15) is 14.0 Å². The molecule has 0 saturated carbocycles. The molecule has 0 bridgehead atoms. The number of hydrogen-bond donors (Lipinski definition) is 0. The van der Waals surface area contributed by atoms with Gasteiger partial charge in [-0.2, -0.15) is 0 Å². The fraction of sp³-hybridized carbons (Fsp3) is 0.300. The Hall–Kier alpha value is -3.09. The van der Waals surface area contributed by atoms with Crippen molar-refractivity contribution >= 4 is 17.5 Å². The van der Waals surface area contributed by atoms with Crippen molar-refractivity contribution < 1.29 is 23.5 Å². The Morgan fingerprint density at radius 2 is 1.70 bits per heavy atom. The first kappa shape index (κ1) is 18.7. The molecule has 6 nitrogen and oxygen atoms in total. The predicted octanol–water partition coefficient (Wildman–Crippen LogP) is 2.72. The Morgan fingerprint density at radius 1 is 1.07 bits per heavy atom. The van der Waals surface area contributed by atoms with E-state index in [1.54, 1.807) is 36.1 Å². The third-order valence-electron chi connectivity index (χ3n) is 4.67. The van der Waals surface area contributed by atoms with Crippen LogP contribution in [0, 0.1) is 5.82 Å². The van der Waals surface area contributed by atoms with Gasteiger partial charge in [0, 0.05) is 31.3 Å². The van der Waals surface area contributed by atoms with E-state index in [4.69, 9.17) is 9.47 Å². The number of amides is 2. The molecule has 0 spiro atoms. The van der Waals surface area contributed by atoms with Gasteiger partial charge < -0.3 is 19.3 Å².